The number of amides is 1. The summed E-state index contributed by atoms with van der Waals surface area (Å²) in [5.41, 5.74) is 1.10. The number of benzene rings is 1. The Morgan fingerprint density at radius 2 is 1.91 bits per heavy atom. The van der Waals surface area contributed by atoms with E-state index in [1.807, 2.05) is 37.3 Å². The highest BCUT2D eigenvalue weighted by atomic mass is 16.5. The highest BCUT2D eigenvalue weighted by molar-refractivity contribution is 5.80. The summed E-state index contributed by atoms with van der Waals surface area (Å²) < 4.78 is 5.68. The van der Waals surface area contributed by atoms with Crippen LogP contribution in [0.25, 0.3) is 0 Å². The van der Waals surface area contributed by atoms with Crippen LogP contribution < -0.4 is 5.32 Å². The van der Waals surface area contributed by atoms with E-state index in [0.717, 1.165) is 37.5 Å². The van der Waals surface area contributed by atoms with E-state index in [9.17, 15) is 4.79 Å². The number of carbonyl (C=O) groups is 1. The molecule has 0 bridgehead atoms. The number of rotatable bonds is 6. The predicted molar refractivity (Wildman–Crippen MR) is 86.5 cm³/mol. The van der Waals surface area contributed by atoms with Crippen LogP contribution in [0.1, 0.15) is 38.2 Å². The summed E-state index contributed by atoms with van der Waals surface area (Å²) in [5.74, 6) is 0.0146. The van der Waals surface area contributed by atoms with Crippen molar-refractivity contribution in [2.75, 3.05) is 13.1 Å². The molecule has 1 amide bonds. The monoisotopic (exact) mass is 302 g/mol. The first-order valence-corrected chi connectivity index (χ1v) is 8.42. The molecule has 1 aliphatic heterocycles. The molecule has 0 radical (unpaired) electrons. The standard InChI is InChI=1S/C18H26N2O2/c1-14(22-13-15-5-3-2-4-6-15)18(21)19-16-9-11-20(12-10-16)17-7-8-17/h2-6,14,16-17H,7-13H2,1H3,(H,19,21). The van der Waals surface area contributed by atoms with Gasteiger partial charge in [0.1, 0.15) is 6.10 Å². The molecule has 1 heterocycles. The van der Waals surface area contributed by atoms with Gasteiger partial charge in [-0.15, -0.1) is 0 Å². The van der Waals surface area contributed by atoms with Crippen LogP contribution in [0.3, 0.4) is 0 Å². The molecule has 2 aliphatic rings. The highest BCUT2D eigenvalue weighted by Crippen LogP contribution is 2.29. The minimum atomic E-state index is -0.401. The lowest BCUT2D eigenvalue weighted by molar-refractivity contribution is -0.133. The van der Waals surface area contributed by atoms with E-state index >= 15 is 0 Å². The average Bonchev–Trinajstić information content (AvgIpc) is 3.39. The van der Waals surface area contributed by atoms with E-state index in [-0.39, 0.29) is 5.91 Å². The lowest BCUT2D eigenvalue weighted by Crippen LogP contribution is -2.47. The van der Waals surface area contributed by atoms with Crippen molar-refractivity contribution in [1.82, 2.24) is 10.2 Å². The minimum Gasteiger partial charge on any atom is -0.364 e. The molecule has 4 heteroatoms. The number of nitrogens with one attached hydrogen (secondary N) is 1. The molecule has 0 spiro atoms. The van der Waals surface area contributed by atoms with Crippen LogP contribution in [0.4, 0.5) is 0 Å². The van der Waals surface area contributed by atoms with E-state index in [1.54, 1.807) is 0 Å². The van der Waals surface area contributed by atoms with Crippen LogP contribution in [0.15, 0.2) is 30.3 Å². The first kappa shape index (κ1) is 15.5. The van der Waals surface area contributed by atoms with Crippen LogP contribution in [0.2, 0.25) is 0 Å². The van der Waals surface area contributed by atoms with Crippen LogP contribution in [-0.2, 0) is 16.1 Å². The molecule has 120 valence electrons. The largest absolute Gasteiger partial charge is 0.364 e. The lowest BCUT2D eigenvalue weighted by Gasteiger charge is -2.32. The summed E-state index contributed by atoms with van der Waals surface area (Å²) in [6.45, 7) is 4.55. The summed E-state index contributed by atoms with van der Waals surface area (Å²) in [5, 5.41) is 3.14. The summed E-state index contributed by atoms with van der Waals surface area (Å²) in [7, 11) is 0. The maximum Gasteiger partial charge on any atom is 0.249 e. The van der Waals surface area contributed by atoms with Gasteiger partial charge in [0.2, 0.25) is 5.91 Å². The van der Waals surface area contributed by atoms with Gasteiger partial charge in [-0.05, 0) is 38.2 Å². The summed E-state index contributed by atoms with van der Waals surface area (Å²) in [4.78, 5) is 14.8. The van der Waals surface area contributed by atoms with Crippen molar-refractivity contribution < 1.29 is 9.53 Å². The molecule has 4 nitrogen and oxygen atoms in total. The smallest absolute Gasteiger partial charge is 0.249 e. The SMILES string of the molecule is CC(OCc1ccccc1)C(=O)NC1CCN(C2CC2)CC1. The molecule has 1 unspecified atom stereocenters. The average molecular weight is 302 g/mol. The number of likely N-dealkylation sites (tertiary alicyclic amines) is 1. The van der Waals surface area contributed by atoms with Crippen LogP contribution in [-0.4, -0.2) is 42.1 Å². The molecule has 2 fully saturated rings. The Kier molecular flexibility index (Phi) is 5.11. The first-order chi connectivity index (χ1) is 10.7. The molecule has 1 saturated heterocycles. The highest BCUT2D eigenvalue weighted by Gasteiger charge is 2.32. The first-order valence-electron chi connectivity index (χ1n) is 8.42. The van der Waals surface area contributed by atoms with Crippen molar-refractivity contribution in [3.8, 4) is 0 Å². The fourth-order valence-electron chi connectivity index (χ4n) is 3.04. The third-order valence-corrected chi connectivity index (χ3v) is 4.65. The van der Waals surface area contributed by atoms with Crippen molar-refractivity contribution in [2.24, 2.45) is 0 Å². The molecular formula is C18H26N2O2. The van der Waals surface area contributed by atoms with E-state index in [0.29, 0.717) is 12.6 Å². The van der Waals surface area contributed by atoms with Crippen molar-refractivity contribution in [3.05, 3.63) is 35.9 Å². The molecular weight excluding hydrogens is 276 g/mol. The van der Waals surface area contributed by atoms with E-state index < -0.39 is 6.10 Å². The van der Waals surface area contributed by atoms with Crippen LogP contribution in [0.5, 0.6) is 0 Å². The quantitative estimate of drug-likeness (QED) is 0.877. The van der Waals surface area contributed by atoms with Crippen molar-refractivity contribution in [1.29, 1.82) is 0 Å². The molecule has 1 aliphatic carbocycles. The van der Waals surface area contributed by atoms with Gasteiger partial charge in [0.05, 0.1) is 6.61 Å². The van der Waals surface area contributed by atoms with E-state index in [2.05, 4.69) is 10.2 Å². The predicted octanol–water partition coefficient (Wildman–Crippen LogP) is 2.33. The summed E-state index contributed by atoms with van der Waals surface area (Å²) in [6.07, 6.45) is 4.45. The number of nitrogens with zero attached hydrogens (tertiary/aromatic N) is 1. The Morgan fingerprint density at radius 1 is 1.23 bits per heavy atom. The van der Waals surface area contributed by atoms with Crippen molar-refractivity contribution in [2.45, 2.75) is 57.4 Å². The Morgan fingerprint density at radius 3 is 2.55 bits per heavy atom. The fraction of sp³-hybridized carbons (Fsp3) is 0.611. The molecule has 1 N–H and O–H groups in total. The third kappa shape index (κ3) is 4.31. The maximum atomic E-state index is 12.2. The topological polar surface area (TPSA) is 41.6 Å². The zero-order valence-electron chi connectivity index (χ0n) is 13.3. The normalized spacial score (nSPS) is 21.5. The van der Waals surface area contributed by atoms with Gasteiger partial charge in [-0.3, -0.25) is 4.79 Å². The molecule has 3 rings (SSSR count). The van der Waals surface area contributed by atoms with Crippen LogP contribution in [0, 0.1) is 0 Å². The summed E-state index contributed by atoms with van der Waals surface area (Å²) >= 11 is 0. The van der Waals surface area contributed by atoms with Crippen molar-refractivity contribution in [3.63, 3.8) is 0 Å². The fourth-order valence-corrected chi connectivity index (χ4v) is 3.04. The maximum absolute atomic E-state index is 12.2. The van der Waals surface area contributed by atoms with Gasteiger partial charge in [0, 0.05) is 25.2 Å². The van der Waals surface area contributed by atoms with Gasteiger partial charge in [-0.2, -0.15) is 0 Å². The minimum absolute atomic E-state index is 0.0146. The molecule has 1 aromatic rings. The zero-order valence-corrected chi connectivity index (χ0v) is 13.3. The van der Waals surface area contributed by atoms with Gasteiger partial charge in [-0.1, -0.05) is 30.3 Å². The number of carbonyl (C=O) groups excluding carboxylic acids is 1. The van der Waals surface area contributed by atoms with Gasteiger partial charge >= 0.3 is 0 Å². The lowest BCUT2D eigenvalue weighted by atomic mass is 10.0. The Balaban J connectivity index is 1.37. The number of piperidine rings is 1. The van der Waals surface area contributed by atoms with Gasteiger partial charge in [0.25, 0.3) is 0 Å². The Labute approximate surface area is 132 Å². The zero-order chi connectivity index (χ0) is 15.4. The molecule has 1 atom stereocenters. The van der Waals surface area contributed by atoms with Gasteiger partial charge in [0.15, 0.2) is 0 Å². The second-order valence-electron chi connectivity index (χ2n) is 6.49. The molecule has 1 aromatic carbocycles. The molecule has 0 aromatic heterocycles. The van der Waals surface area contributed by atoms with E-state index in [1.165, 1.54) is 12.8 Å². The number of hydrogen-bond acceptors (Lipinski definition) is 3. The number of hydrogen-bond donors (Lipinski definition) is 1. The molecule has 22 heavy (non-hydrogen) atoms. The Hall–Kier alpha value is -1.39. The Bertz CT molecular complexity index is 479. The van der Waals surface area contributed by atoms with Crippen molar-refractivity contribution >= 4 is 5.91 Å². The molecule has 1 saturated carbocycles. The number of ether oxygens (including phenoxy) is 1. The van der Waals surface area contributed by atoms with E-state index in [4.69, 9.17) is 4.74 Å². The van der Waals surface area contributed by atoms with Crippen LogP contribution >= 0.6 is 0 Å². The summed E-state index contributed by atoms with van der Waals surface area (Å²) in [6, 6.07) is 11.1. The van der Waals surface area contributed by atoms with Gasteiger partial charge in [-0.25, -0.2) is 0 Å². The second kappa shape index (κ2) is 7.25. The second-order valence-corrected chi connectivity index (χ2v) is 6.49. The third-order valence-electron chi connectivity index (χ3n) is 4.65. The van der Waals surface area contributed by atoms with Gasteiger partial charge < -0.3 is 15.0 Å².